The Morgan fingerprint density at radius 3 is 2.73 bits per heavy atom. The molecule has 0 saturated carbocycles. The van der Waals surface area contributed by atoms with Gasteiger partial charge in [0.25, 0.3) is 11.8 Å². The van der Waals surface area contributed by atoms with Crippen LogP contribution in [-0.2, 0) is 24.0 Å². The van der Waals surface area contributed by atoms with Gasteiger partial charge in [0, 0.05) is 16.7 Å². The highest BCUT2D eigenvalue weighted by molar-refractivity contribution is 8.00. The summed E-state index contributed by atoms with van der Waals surface area (Å²) in [6.45, 7) is -0.479. The maximum absolute atomic E-state index is 12.6. The van der Waals surface area contributed by atoms with Crippen LogP contribution in [0.3, 0.4) is 0 Å². The predicted molar refractivity (Wildman–Crippen MR) is 104 cm³/mol. The fourth-order valence-electron chi connectivity index (χ4n) is 2.84. The number of anilines is 1. The molecule has 1 aromatic heterocycles. The summed E-state index contributed by atoms with van der Waals surface area (Å²) >= 11 is 2.25. The minimum Gasteiger partial charge on any atom is -0.477 e. The normalized spacial score (nSPS) is 20.9. The van der Waals surface area contributed by atoms with Crippen molar-refractivity contribution >= 4 is 57.9 Å². The van der Waals surface area contributed by atoms with Crippen molar-refractivity contribution in [1.82, 2.24) is 15.2 Å². The van der Waals surface area contributed by atoms with Crippen molar-refractivity contribution < 1.29 is 39.0 Å². The number of amides is 2. The number of carbonyl (C=O) groups excluding carboxylic acids is 2. The van der Waals surface area contributed by atoms with Gasteiger partial charge < -0.3 is 30.8 Å². The van der Waals surface area contributed by atoms with Crippen LogP contribution >= 0.6 is 23.1 Å². The Bertz CT molecular complexity index is 974. The number of thiazole rings is 1. The van der Waals surface area contributed by atoms with Gasteiger partial charge >= 0.3 is 12.1 Å². The topological polar surface area (TPSA) is 194 Å². The molecule has 13 nitrogen and oxygen atoms in total. The van der Waals surface area contributed by atoms with Crippen molar-refractivity contribution in [3.05, 3.63) is 22.3 Å². The van der Waals surface area contributed by atoms with Gasteiger partial charge in [-0.25, -0.2) is 14.6 Å². The number of carboxylic acids is 1. The van der Waals surface area contributed by atoms with Crippen LogP contribution in [0.1, 0.15) is 5.69 Å². The number of hydrogen-bond donors (Lipinski definition) is 4. The van der Waals surface area contributed by atoms with Crippen LogP contribution in [0.15, 0.2) is 21.8 Å². The molecule has 2 amide bonds. The zero-order valence-corrected chi connectivity index (χ0v) is 16.9. The minimum absolute atomic E-state index is 0.108. The van der Waals surface area contributed by atoms with E-state index in [1.807, 2.05) is 0 Å². The summed E-state index contributed by atoms with van der Waals surface area (Å²) in [6.07, 6.45) is -1.56. The smallest absolute Gasteiger partial charge is 0.477 e. The van der Waals surface area contributed by atoms with Crippen molar-refractivity contribution in [2.45, 2.75) is 11.4 Å². The molecule has 160 valence electrons. The van der Waals surface area contributed by atoms with Crippen molar-refractivity contribution in [3.8, 4) is 0 Å². The average molecular weight is 457 g/mol. The first-order valence-electron chi connectivity index (χ1n) is 8.13. The van der Waals surface area contributed by atoms with Crippen molar-refractivity contribution in [2.24, 2.45) is 5.16 Å². The second-order valence-corrected chi connectivity index (χ2v) is 7.86. The standard InChI is InChI=1S/C15H15N5O8S2/c1-27-19-7(6-4-30-14(16)17-6)10(21)18-8-11(22)20-9(13(23)24)5(2-28-15(25)26)3-29-12(8)20/h4,8,12H,2-3H2,1H3,(H2,16,17)(H,18,21)(H,23,24)(H,25,26)/b19-7+. The second-order valence-electron chi connectivity index (χ2n) is 5.87. The Morgan fingerprint density at radius 2 is 2.17 bits per heavy atom. The van der Waals surface area contributed by atoms with Gasteiger partial charge in [-0.1, -0.05) is 5.16 Å². The van der Waals surface area contributed by atoms with Gasteiger partial charge in [0.1, 0.15) is 36.5 Å². The molecule has 0 spiro atoms. The molecule has 0 aliphatic carbocycles. The van der Waals surface area contributed by atoms with Crippen LogP contribution < -0.4 is 11.1 Å². The first kappa shape index (κ1) is 21.4. The molecular formula is C15H15N5O8S2. The Labute approximate surface area is 176 Å². The molecule has 30 heavy (non-hydrogen) atoms. The molecule has 2 atom stereocenters. The number of aromatic nitrogens is 1. The Kier molecular flexibility index (Phi) is 6.12. The average Bonchev–Trinajstić information content (AvgIpc) is 3.13. The third-order valence-corrected chi connectivity index (χ3v) is 6.08. The van der Waals surface area contributed by atoms with Crippen LogP contribution in [0, 0.1) is 0 Å². The number of β-lactam (4-membered cyclic amide) rings is 1. The number of rotatable bonds is 7. The van der Waals surface area contributed by atoms with Crippen LogP contribution in [0.4, 0.5) is 9.93 Å². The van der Waals surface area contributed by atoms with Gasteiger partial charge in [-0.05, 0) is 0 Å². The fraction of sp³-hybridized carbons (Fsp3) is 0.333. The number of carboxylic acid groups (broad SMARTS) is 2. The van der Waals surface area contributed by atoms with E-state index >= 15 is 0 Å². The highest BCUT2D eigenvalue weighted by Crippen LogP contribution is 2.40. The maximum Gasteiger partial charge on any atom is 0.506 e. The monoisotopic (exact) mass is 457 g/mol. The number of carbonyl (C=O) groups is 4. The summed E-state index contributed by atoms with van der Waals surface area (Å²) in [4.78, 5) is 57.1. The first-order valence-corrected chi connectivity index (χ1v) is 10.1. The summed E-state index contributed by atoms with van der Waals surface area (Å²) in [6, 6.07) is -1.02. The lowest BCUT2D eigenvalue weighted by Crippen LogP contribution is -2.71. The zero-order valence-electron chi connectivity index (χ0n) is 15.2. The van der Waals surface area contributed by atoms with Gasteiger partial charge in [0.2, 0.25) is 0 Å². The van der Waals surface area contributed by atoms with Crippen LogP contribution in [0.25, 0.3) is 0 Å². The molecule has 1 aromatic rings. The number of hydrogen-bond acceptors (Lipinski definition) is 11. The van der Waals surface area contributed by atoms with Gasteiger partial charge in [-0.2, -0.15) is 0 Å². The van der Waals surface area contributed by atoms with E-state index in [9.17, 15) is 24.3 Å². The molecule has 15 heteroatoms. The summed E-state index contributed by atoms with van der Waals surface area (Å²) < 4.78 is 4.43. The lowest BCUT2D eigenvalue weighted by Gasteiger charge is -2.49. The SMILES string of the molecule is CO/N=C(/C(=O)NC1C(=O)N2C(C(=O)O)=C(COC(=O)O)CSC12)c1csc(N)n1. The van der Waals surface area contributed by atoms with E-state index < -0.39 is 42.0 Å². The first-order chi connectivity index (χ1) is 14.2. The number of oxime groups is 1. The Balaban J connectivity index is 1.77. The largest absolute Gasteiger partial charge is 0.506 e. The Hall–Kier alpha value is -3.33. The summed E-state index contributed by atoms with van der Waals surface area (Å²) in [5.41, 5.74) is 5.33. The number of nitrogen functional groups attached to an aromatic ring is 1. The molecule has 0 aromatic carbocycles. The third kappa shape index (κ3) is 4.02. The quantitative estimate of drug-likeness (QED) is 0.179. The van der Waals surface area contributed by atoms with Crippen LogP contribution in [0.5, 0.6) is 0 Å². The van der Waals surface area contributed by atoms with Crippen LogP contribution in [-0.4, -0.2) is 80.6 Å². The highest BCUT2D eigenvalue weighted by atomic mass is 32.2. The zero-order chi connectivity index (χ0) is 22.0. The number of thioether (sulfide) groups is 1. The van der Waals surface area contributed by atoms with Crippen LogP contribution in [0.2, 0.25) is 0 Å². The summed E-state index contributed by atoms with van der Waals surface area (Å²) in [5.74, 6) is -2.71. The maximum atomic E-state index is 12.6. The van der Waals surface area contributed by atoms with E-state index in [1.165, 1.54) is 12.5 Å². The van der Waals surface area contributed by atoms with E-state index in [2.05, 4.69) is 25.0 Å². The molecule has 5 N–H and O–H groups in total. The van der Waals surface area contributed by atoms with Gasteiger partial charge in [-0.15, -0.1) is 23.1 Å². The molecule has 3 heterocycles. The van der Waals surface area contributed by atoms with E-state index in [0.717, 1.165) is 28.0 Å². The lowest BCUT2D eigenvalue weighted by atomic mass is 10.0. The summed E-state index contributed by atoms with van der Waals surface area (Å²) in [7, 11) is 1.24. The number of nitrogens with one attached hydrogen (secondary N) is 1. The second kappa shape index (κ2) is 8.58. The molecule has 3 rings (SSSR count). The fourth-order valence-corrected chi connectivity index (χ4v) is 4.72. The van der Waals surface area contributed by atoms with Gasteiger partial charge in [0.05, 0.1) is 0 Å². The van der Waals surface area contributed by atoms with Crippen molar-refractivity contribution in [2.75, 3.05) is 25.2 Å². The van der Waals surface area contributed by atoms with Crippen molar-refractivity contribution in [3.63, 3.8) is 0 Å². The Morgan fingerprint density at radius 1 is 1.43 bits per heavy atom. The molecule has 2 aliphatic rings. The van der Waals surface area contributed by atoms with E-state index in [-0.39, 0.29) is 33.6 Å². The minimum atomic E-state index is -1.56. The third-order valence-electron chi connectivity index (χ3n) is 4.07. The molecule has 0 bridgehead atoms. The molecular weight excluding hydrogens is 442 g/mol. The molecule has 1 fully saturated rings. The molecule has 1 saturated heterocycles. The number of aliphatic carboxylic acids is 1. The van der Waals surface area contributed by atoms with E-state index in [4.69, 9.17) is 10.8 Å². The summed E-state index contributed by atoms with van der Waals surface area (Å²) in [5, 5.41) is 25.3. The highest BCUT2D eigenvalue weighted by Gasteiger charge is 2.54. The lowest BCUT2D eigenvalue weighted by molar-refractivity contribution is -0.150. The number of nitrogens with two attached hydrogens (primary N) is 1. The van der Waals surface area contributed by atoms with E-state index in [1.54, 1.807) is 0 Å². The predicted octanol–water partition coefficient (Wildman–Crippen LogP) is -0.491. The van der Waals surface area contributed by atoms with Gasteiger partial charge in [0.15, 0.2) is 10.8 Å². The molecule has 2 unspecified atom stereocenters. The number of nitrogens with zero attached hydrogens (tertiary/aromatic N) is 3. The van der Waals surface area contributed by atoms with Gasteiger partial charge in [-0.3, -0.25) is 14.5 Å². The number of fused-ring (bicyclic) bond motifs is 1. The molecule has 0 radical (unpaired) electrons. The van der Waals surface area contributed by atoms with Crippen molar-refractivity contribution in [1.29, 1.82) is 0 Å². The molecule has 2 aliphatic heterocycles. The van der Waals surface area contributed by atoms with E-state index in [0.29, 0.717) is 0 Å². The number of ether oxygens (including phenoxy) is 1.